The monoisotopic (exact) mass is 403 g/mol. The summed E-state index contributed by atoms with van der Waals surface area (Å²) >= 11 is 0. The van der Waals surface area contributed by atoms with E-state index in [-0.39, 0.29) is 31.0 Å². The van der Waals surface area contributed by atoms with Gasteiger partial charge in [-0.1, -0.05) is 0 Å². The minimum Gasteiger partial charge on any atom is -0.377 e. The van der Waals surface area contributed by atoms with E-state index >= 15 is 0 Å². The number of aryl methyl sites for hydroxylation is 1. The summed E-state index contributed by atoms with van der Waals surface area (Å²) in [7, 11) is 0. The standard InChI is InChI=1S/C18H18F5N3O2/c1-10-16(11(2)26(24-10)9-18(21,22)23)15-8-28-4-3-25(15)17(27)12-5-13(19)7-14(20)6-12/h5-7,15H,3-4,8-9H2,1-2H3/t15-/m0/s1. The highest BCUT2D eigenvalue weighted by Crippen LogP contribution is 2.32. The Morgan fingerprint density at radius 3 is 2.46 bits per heavy atom. The third kappa shape index (κ3) is 4.16. The van der Waals surface area contributed by atoms with E-state index in [1.807, 2.05) is 0 Å². The van der Waals surface area contributed by atoms with Crippen LogP contribution in [0.1, 0.15) is 33.4 Å². The van der Waals surface area contributed by atoms with Crippen molar-refractivity contribution in [2.75, 3.05) is 19.8 Å². The summed E-state index contributed by atoms with van der Waals surface area (Å²) in [5.41, 5.74) is 0.852. The average molecular weight is 403 g/mol. The van der Waals surface area contributed by atoms with Gasteiger partial charge in [-0.15, -0.1) is 0 Å². The number of halogens is 5. The Labute approximate surface area is 157 Å². The first-order chi connectivity index (χ1) is 13.1. The highest BCUT2D eigenvalue weighted by Gasteiger charge is 2.35. The van der Waals surface area contributed by atoms with Crippen molar-refractivity contribution in [2.45, 2.75) is 32.6 Å². The SMILES string of the molecule is Cc1nn(CC(F)(F)F)c(C)c1[C@@H]1COCCN1C(=O)c1cc(F)cc(F)c1. The van der Waals surface area contributed by atoms with Crippen molar-refractivity contribution in [2.24, 2.45) is 0 Å². The Balaban J connectivity index is 1.97. The molecule has 1 aromatic heterocycles. The predicted octanol–water partition coefficient (Wildman–Crippen LogP) is 3.55. The lowest BCUT2D eigenvalue weighted by Gasteiger charge is -2.36. The van der Waals surface area contributed by atoms with Crippen molar-refractivity contribution in [1.29, 1.82) is 0 Å². The van der Waals surface area contributed by atoms with E-state index < -0.39 is 36.3 Å². The van der Waals surface area contributed by atoms with E-state index in [0.717, 1.165) is 16.8 Å². The maximum absolute atomic E-state index is 13.5. The normalized spacial score (nSPS) is 17.8. The number of nitrogens with zero attached hydrogens (tertiary/aromatic N) is 3. The van der Waals surface area contributed by atoms with E-state index in [2.05, 4.69) is 5.10 Å². The van der Waals surface area contributed by atoms with Crippen molar-refractivity contribution in [3.8, 4) is 0 Å². The number of hydrogen-bond donors (Lipinski definition) is 0. The zero-order valence-electron chi connectivity index (χ0n) is 15.2. The molecule has 0 radical (unpaired) electrons. The number of alkyl halides is 3. The molecule has 28 heavy (non-hydrogen) atoms. The van der Waals surface area contributed by atoms with Gasteiger partial charge in [0.2, 0.25) is 0 Å². The minimum atomic E-state index is -4.45. The highest BCUT2D eigenvalue weighted by atomic mass is 19.4. The van der Waals surface area contributed by atoms with Crippen LogP contribution in [0, 0.1) is 25.5 Å². The van der Waals surface area contributed by atoms with Crippen LogP contribution in [0.25, 0.3) is 0 Å². The zero-order valence-corrected chi connectivity index (χ0v) is 15.2. The molecule has 1 aliphatic rings. The van der Waals surface area contributed by atoms with Crippen LogP contribution in [0.15, 0.2) is 18.2 Å². The molecule has 1 atom stereocenters. The van der Waals surface area contributed by atoms with Gasteiger partial charge in [0.05, 0.1) is 24.9 Å². The molecule has 1 aliphatic heterocycles. The van der Waals surface area contributed by atoms with E-state index in [0.29, 0.717) is 17.3 Å². The summed E-state index contributed by atoms with van der Waals surface area (Å²) in [5, 5.41) is 3.95. The average Bonchev–Trinajstić information content (AvgIpc) is 2.85. The van der Waals surface area contributed by atoms with Crippen molar-refractivity contribution in [3.05, 3.63) is 52.3 Å². The van der Waals surface area contributed by atoms with Crippen LogP contribution in [0.4, 0.5) is 22.0 Å². The molecule has 2 heterocycles. The molecular weight excluding hydrogens is 385 g/mol. The molecule has 1 saturated heterocycles. The fourth-order valence-electron chi connectivity index (χ4n) is 3.45. The Kier molecular flexibility index (Phi) is 5.42. The second-order valence-corrected chi connectivity index (χ2v) is 6.60. The van der Waals surface area contributed by atoms with E-state index in [4.69, 9.17) is 4.74 Å². The first-order valence-electron chi connectivity index (χ1n) is 8.52. The Bertz CT molecular complexity index is 874. The van der Waals surface area contributed by atoms with Crippen LogP contribution in [0.5, 0.6) is 0 Å². The number of rotatable bonds is 3. The van der Waals surface area contributed by atoms with Crippen LogP contribution in [-0.4, -0.2) is 46.5 Å². The van der Waals surface area contributed by atoms with Crippen molar-refractivity contribution in [3.63, 3.8) is 0 Å². The van der Waals surface area contributed by atoms with Gasteiger partial charge >= 0.3 is 6.18 Å². The number of benzene rings is 1. The smallest absolute Gasteiger partial charge is 0.377 e. The molecule has 0 spiro atoms. The summed E-state index contributed by atoms with van der Waals surface area (Å²) < 4.78 is 71.6. The maximum atomic E-state index is 13.5. The fourth-order valence-corrected chi connectivity index (χ4v) is 3.45. The molecule has 3 rings (SSSR count). The summed E-state index contributed by atoms with van der Waals surface area (Å²) in [6, 6.07) is 1.79. The second kappa shape index (κ2) is 7.50. The molecule has 2 aromatic rings. The van der Waals surface area contributed by atoms with Gasteiger partial charge in [-0.2, -0.15) is 18.3 Å². The Morgan fingerprint density at radius 1 is 1.21 bits per heavy atom. The first kappa shape index (κ1) is 20.2. The quantitative estimate of drug-likeness (QED) is 0.737. The number of hydrogen-bond acceptors (Lipinski definition) is 3. The molecule has 0 aliphatic carbocycles. The van der Waals surface area contributed by atoms with Gasteiger partial charge in [-0.25, -0.2) is 8.78 Å². The molecule has 152 valence electrons. The molecule has 1 aromatic carbocycles. The number of carbonyl (C=O) groups excluding carboxylic acids is 1. The number of carbonyl (C=O) groups is 1. The van der Waals surface area contributed by atoms with Crippen LogP contribution < -0.4 is 0 Å². The summed E-state index contributed by atoms with van der Waals surface area (Å²) in [6.45, 7) is 2.16. The van der Waals surface area contributed by atoms with Crippen molar-refractivity contribution >= 4 is 5.91 Å². The lowest BCUT2D eigenvalue weighted by Crippen LogP contribution is -2.43. The van der Waals surface area contributed by atoms with E-state index in [1.165, 1.54) is 11.8 Å². The summed E-state index contributed by atoms with van der Waals surface area (Å²) in [4.78, 5) is 14.2. The summed E-state index contributed by atoms with van der Waals surface area (Å²) in [6.07, 6.45) is -4.45. The Hall–Kier alpha value is -2.49. The molecule has 0 N–H and O–H groups in total. The second-order valence-electron chi connectivity index (χ2n) is 6.60. The van der Waals surface area contributed by atoms with Gasteiger partial charge in [-0.05, 0) is 26.0 Å². The highest BCUT2D eigenvalue weighted by molar-refractivity contribution is 5.94. The molecule has 5 nitrogen and oxygen atoms in total. The van der Waals surface area contributed by atoms with E-state index in [9.17, 15) is 26.7 Å². The summed E-state index contributed by atoms with van der Waals surface area (Å²) in [5.74, 6) is -2.41. The maximum Gasteiger partial charge on any atom is 0.408 e. The molecule has 1 fully saturated rings. The van der Waals surface area contributed by atoms with Gasteiger partial charge in [0.1, 0.15) is 18.2 Å². The van der Waals surface area contributed by atoms with E-state index in [1.54, 1.807) is 6.92 Å². The van der Waals surface area contributed by atoms with Crippen LogP contribution in [0.3, 0.4) is 0 Å². The third-order valence-electron chi connectivity index (χ3n) is 4.60. The molecule has 0 unspecified atom stereocenters. The lowest BCUT2D eigenvalue weighted by molar-refractivity contribution is -0.143. The van der Waals surface area contributed by atoms with Gasteiger partial charge in [0.25, 0.3) is 5.91 Å². The molecule has 10 heteroatoms. The van der Waals surface area contributed by atoms with Crippen molar-refractivity contribution in [1.82, 2.24) is 14.7 Å². The molecule has 0 saturated carbocycles. The number of morpholine rings is 1. The van der Waals surface area contributed by atoms with Gasteiger partial charge in [0, 0.05) is 29.4 Å². The number of amides is 1. The third-order valence-corrected chi connectivity index (χ3v) is 4.60. The number of aromatic nitrogens is 2. The van der Waals surface area contributed by atoms with Crippen LogP contribution in [0.2, 0.25) is 0 Å². The lowest BCUT2D eigenvalue weighted by atomic mass is 10.0. The van der Waals surface area contributed by atoms with Crippen LogP contribution >= 0.6 is 0 Å². The molecule has 0 bridgehead atoms. The largest absolute Gasteiger partial charge is 0.408 e. The predicted molar refractivity (Wildman–Crippen MR) is 88.7 cm³/mol. The minimum absolute atomic E-state index is 0.0446. The van der Waals surface area contributed by atoms with Crippen molar-refractivity contribution < 1.29 is 31.5 Å². The van der Waals surface area contributed by atoms with Gasteiger partial charge in [-0.3, -0.25) is 9.48 Å². The first-order valence-corrected chi connectivity index (χ1v) is 8.52. The zero-order chi connectivity index (χ0) is 20.6. The van der Waals surface area contributed by atoms with Gasteiger partial charge in [0.15, 0.2) is 0 Å². The number of ether oxygens (including phenoxy) is 1. The molecule has 1 amide bonds. The fraction of sp³-hybridized carbons (Fsp3) is 0.444. The van der Waals surface area contributed by atoms with Gasteiger partial charge < -0.3 is 9.64 Å². The molecular formula is C18H18F5N3O2. The van der Waals surface area contributed by atoms with Crippen LogP contribution in [-0.2, 0) is 11.3 Å². The topological polar surface area (TPSA) is 47.4 Å². The Morgan fingerprint density at radius 2 is 1.86 bits per heavy atom.